The van der Waals surface area contributed by atoms with E-state index in [2.05, 4.69) is 6.92 Å². The van der Waals surface area contributed by atoms with Crippen molar-refractivity contribution in [3.05, 3.63) is 0 Å². The molecule has 10 heteroatoms. The summed E-state index contributed by atoms with van der Waals surface area (Å²) < 4.78 is 21.4. The van der Waals surface area contributed by atoms with E-state index in [1.165, 1.54) is 0 Å². The van der Waals surface area contributed by atoms with Crippen LogP contribution in [0.4, 0.5) is 0 Å². The molecule has 6 N–H and O–H groups in total. The van der Waals surface area contributed by atoms with E-state index in [4.69, 9.17) is 18.9 Å². The van der Waals surface area contributed by atoms with E-state index >= 15 is 0 Å². The summed E-state index contributed by atoms with van der Waals surface area (Å²) in [5.41, 5.74) is 0. The van der Waals surface area contributed by atoms with Crippen LogP contribution in [0.2, 0.25) is 0 Å². The smallest absolute Gasteiger partial charge is 0.186 e. The second kappa shape index (κ2) is 11.0. The first-order chi connectivity index (χ1) is 12.9. The van der Waals surface area contributed by atoms with Gasteiger partial charge in [0, 0.05) is 6.61 Å². The molecule has 0 bridgehead atoms. The number of rotatable bonds is 9. The van der Waals surface area contributed by atoms with Gasteiger partial charge in [-0.1, -0.05) is 26.2 Å². The van der Waals surface area contributed by atoms with Crippen molar-refractivity contribution >= 4 is 0 Å². The number of hydrogen-bond donors (Lipinski definition) is 6. The lowest BCUT2D eigenvalue weighted by molar-refractivity contribution is -0.320. The highest BCUT2D eigenvalue weighted by molar-refractivity contribution is 4.90. The quantitative estimate of drug-likeness (QED) is 0.237. The molecule has 10 nitrogen and oxygen atoms in total. The molecular weight excluding hydrogens is 364 g/mol. The molecule has 0 saturated carbocycles. The number of aliphatic hydroxyl groups excluding tert-OH is 6. The van der Waals surface area contributed by atoms with E-state index in [0.29, 0.717) is 6.61 Å². The van der Waals surface area contributed by atoms with Crippen LogP contribution in [0.3, 0.4) is 0 Å². The Kier molecular flexibility index (Phi) is 9.29. The predicted octanol–water partition coefficient (Wildman–Crippen LogP) is -2.15. The summed E-state index contributed by atoms with van der Waals surface area (Å²) >= 11 is 0. The highest BCUT2D eigenvalue weighted by Crippen LogP contribution is 2.24. The first-order valence-electron chi connectivity index (χ1n) is 9.45. The van der Waals surface area contributed by atoms with Gasteiger partial charge in [0.05, 0.1) is 13.2 Å². The van der Waals surface area contributed by atoms with E-state index in [1.54, 1.807) is 0 Å². The Morgan fingerprint density at radius 3 is 2.19 bits per heavy atom. The van der Waals surface area contributed by atoms with Gasteiger partial charge in [0.2, 0.25) is 0 Å². The molecule has 0 unspecified atom stereocenters. The second-order valence-electron chi connectivity index (χ2n) is 7.03. The summed E-state index contributed by atoms with van der Waals surface area (Å²) in [6, 6.07) is 0. The minimum Gasteiger partial charge on any atom is -0.388 e. The van der Waals surface area contributed by atoms with Crippen molar-refractivity contribution in [2.75, 3.05) is 19.8 Å². The van der Waals surface area contributed by atoms with Crippen LogP contribution in [-0.4, -0.2) is 106 Å². The maximum atomic E-state index is 10.1. The van der Waals surface area contributed by atoms with Crippen molar-refractivity contribution in [1.29, 1.82) is 0 Å². The average molecular weight is 396 g/mol. The third-order valence-corrected chi connectivity index (χ3v) is 4.83. The molecule has 9 atom stereocenters. The zero-order valence-corrected chi connectivity index (χ0v) is 15.5. The van der Waals surface area contributed by atoms with E-state index in [0.717, 1.165) is 25.7 Å². The summed E-state index contributed by atoms with van der Waals surface area (Å²) in [4.78, 5) is 0. The molecule has 2 heterocycles. The van der Waals surface area contributed by atoms with Gasteiger partial charge in [-0.05, 0) is 6.42 Å². The van der Waals surface area contributed by atoms with Crippen molar-refractivity contribution in [2.45, 2.75) is 87.9 Å². The van der Waals surface area contributed by atoms with Crippen molar-refractivity contribution in [3.63, 3.8) is 0 Å². The van der Waals surface area contributed by atoms with Gasteiger partial charge in [-0.15, -0.1) is 0 Å². The first kappa shape index (κ1) is 22.9. The van der Waals surface area contributed by atoms with E-state index in [9.17, 15) is 30.6 Å². The van der Waals surface area contributed by atoms with Crippen LogP contribution in [0.25, 0.3) is 0 Å². The molecule has 160 valence electrons. The summed E-state index contributed by atoms with van der Waals surface area (Å²) in [5, 5.41) is 59.1. The number of hydrogen-bond acceptors (Lipinski definition) is 10. The van der Waals surface area contributed by atoms with Crippen LogP contribution < -0.4 is 0 Å². The molecule has 0 aromatic carbocycles. The molecular formula is C17H32O10. The van der Waals surface area contributed by atoms with Crippen LogP contribution in [0.1, 0.15) is 32.6 Å². The highest BCUT2D eigenvalue weighted by atomic mass is 16.7. The lowest BCUT2D eigenvalue weighted by Gasteiger charge is -2.41. The van der Waals surface area contributed by atoms with Gasteiger partial charge in [0.1, 0.15) is 42.7 Å². The third-order valence-electron chi connectivity index (χ3n) is 4.83. The summed E-state index contributed by atoms with van der Waals surface area (Å²) in [6.45, 7) is 1.92. The van der Waals surface area contributed by atoms with Crippen LogP contribution in [0.15, 0.2) is 0 Å². The summed E-state index contributed by atoms with van der Waals surface area (Å²) in [5.74, 6) is 0. The van der Waals surface area contributed by atoms with E-state index < -0.39 is 55.3 Å². The molecule has 0 aromatic rings. The van der Waals surface area contributed by atoms with Gasteiger partial charge in [-0.2, -0.15) is 0 Å². The Balaban J connectivity index is 1.83. The fraction of sp³-hybridized carbons (Fsp3) is 1.00. The Bertz CT molecular complexity index is 425. The van der Waals surface area contributed by atoms with Gasteiger partial charge in [-0.3, -0.25) is 0 Å². The normalized spacial score (nSPS) is 43.0. The Morgan fingerprint density at radius 2 is 1.48 bits per heavy atom. The molecule has 0 radical (unpaired) electrons. The first-order valence-corrected chi connectivity index (χ1v) is 9.45. The molecule has 0 amide bonds. The number of ether oxygens (including phenoxy) is 4. The average Bonchev–Trinajstić information content (AvgIpc) is 2.66. The zero-order chi connectivity index (χ0) is 20.0. The van der Waals surface area contributed by atoms with Gasteiger partial charge in [0.25, 0.3) is 0 Å². The van der Waals surface area contributed by atoms with Gasteiger partial charge >= 0.3 is 0 Å². The van der Waals surface area contributed by atoms with Crippen LogP contribution in [-0.2, 0) is 18.9 Å². The minimum atomic E-state index is -1.49. The molecule has 0 aliphatic carbocycles. The molecule has 2 fully saturated rings. The van der Waals surface area contributed by atoms with Gasteiger partial charge in [-0.25, -0.2) is 0 Å². The molecule has 0 aromatic heterocycles. The van der Waals surface area contributed by atoms with Crippen LogP contribution in [0.5, 0.6) is 0 Å². The maximum absolute atomic E-state index is 10.1. The zero-order valence-electron chi connectivity index (χ0n) is 15.5. The Morgan fingerprint density at radius 1 is 0.778 bits per heavy atom. The second-order valence-corrected chi connectivity index (χ2v) is 7.03. The number of unbranched alkanes of at least 4 members (excludes halogenated alkanes) is 3. The Labute approximate surface area is 158 Å². The van der Waals surface area contributed by atoms with Gasteiger partial charge < -0.3 is 49.6 Å². The topological polar surface area (TPSA) is 158 Å². The largest absolute Gasteiger partial charge is 0.388 e. The molecule has 2 aliphatic rings. The molecule has 2 saturated heterocycles. The standard InChI is InChI=1S/C17H32O10/c1-2-3-4-5-6-24-17-15(23)13(21)12(20)10(27-17)8-26-16-14(22)11(19)9(18)7-25-16/h9-23H,2-8H2,1H3/t9-,10+,11+,12+,13-,14+,15+,16+,17+/m1/s1. The highest BCUT2D eigenvalue weighted by Gasteiger charge is 2.45. The molecule has 27 heavy (non-hydrogen) atoms. The summed E-state index contributed by atoms with van der Waals surface area (Å²) in [6.07, 6.45) is -7.94. The minimum absolute atomic E-state index is 0.220. The van der Waals surface area contributed by atoms with Crippen molar-refractivity contribution in [1.82, 2.24) is 0 Å². The SMILES string of the molecule is CCCCCCO[C@H]1O[C@@H](CO[C@@H]2OC[C@@H](O)[C@H](O)[C@@H]2O)[C@H](O)[C@@H](O)[C@@H]1O. The van der Waals surface area contributed by atoms with E-state index in [-0.39, 0.29) is 13.2 Å². The Hall–Kier alpha value is -0.400. The van der Waals surface area contributed by atoms with Crippen molar-refractivity contribution in [2.24, 2.45) is 0 Å². The van der Waals surface area contributed by atoms with Crippen LogP contribution in [0, 0.1) is 0 Å². The van der Waals surface area contributed by atoms with E-state index in [1.807, 2.05) is 0 Å². The molecule has 0 spiro atoms. The monoisotopic (exact) mass is 396 g/mol. The lowest BCUT2D eigenvalue weighted by atomic mass is 9.99. The van der Waals surface area contributed by atoms with Crippen LogP contribution >= 0.6 is 0 Å². The molecule has 2 rings (SSSR count). The summed E-state index contributed by atoms with van der Waals surface area (Å²) in [7, 11) is 0. The fourth-order valence-electron chi connectivity index (χ4n) is 3.04. The molecule has 2 aliphatic heterocycles. The fourth-order valence-corrected chi connectivity index (χ4v) is 3.04. The maximum Gasteiger partial charge on any atom is 0.186 e. The lowest BCUT2D eigenvalue weighted by Crippen LogP contribution is -2.60. The van der Waals surface area contributed by atoms with Crippen molar-refractivity contribution in [3.8, 4) is 0 Å². The third kappa shape index (κ3) is 6.04. The van der Waals surface area contributed by atoms with Gasteiger partial charge in [0.15, 0.2) is 12.6 Å². The predicted molar refractivity (Wildman–Crippen MR) is 90.5 cm³/mol. The van der Waals surface area contributed by atoms with Crippen molar-refractivity contribution < 1.29 is 49.6 Å². The number of aliphatic hydroxyl groups is 6.